The minimum atomic E-state index is -0.900. The van der Waals surface area contributed by atoms with Crippen LogP contribution in [-0.2, 0) is 0 Å². The molecule has 0 spiro atoms. The molecule has 0 bridgehead atoms. The first kappa shape index (κ1) is 14.0. The van der Waals surface area contributed by atoms with Crippen LogP contribution in [-0.4, -0.2) is 16.1 Å². The Bertz CT molecular complexity index is 797. The largest absolute Gasteiger partial charge is 0.478 e. The molecule has 2 aromatic heterocycles. The van der Waals surface area contributed by atoms with E-state index in [1.807, 2.05) is 11.4 Å². The summed E-state index contributed by atoms with van der Waals surface area (Å²) in [5.41, 5.74) is 4.73. The summed E-state index contributed by atoms with van der Waals surface area (Å²) in [7, 11) is 0. The summed E-state index contributed by atoms with van der Waals surface area (Å²) in [6.45, 7) is 4.16. The van der Waals surface area contributed by atoms with Crippen molar-refractivity contribution >= 4 is 28.6 Å². The highest BCUT2D eigenvalue weighted by atomic mass is 32.1. The molecule has 21 heavy (non-hydrogen) atoms. The van der Waals surface area contributed by atoms with E-state index in [4.69, 9.17) is 5.11 Å². The third kappa shape index (κ3) is 2.62. The summed E-state index contributed by atoms with van der Waals surface area (Å²) >= 11 is 3.00. The van der Waals surface area contributed by atoms with Crippen molar-refractivity contribution in [2.24, 2.45) is 0 Å². The second-order valence-electron chi connectivity index (χ2n) is 4.81. The first-order valence-corrected chi connectivity index (χ1v) is 8.16. The van der Waals surface area contributed by atoms with E-state index in [-0.39, 0.29) is 0 Å². The Hall–Kier alpha value is -1.98. The van der Waals surface area contributed by atoms with Crippen molar-refractivity contribution in [2.45, 2.75) is 13.8 Å². The summed E-state index contributed by atoms with van der Waals surface area (Å²) in [6, 6.07) is 7.88. The van der Waals surface area contributed by atoms with Gasteiger partial charge in [0, 0.05) is 16.3 Å². The third-order valence-corrected chi connectivity index (χ3v) is 5.11. The molecule has 0 fully saturated rings. The van der Waals surface area contributed by atoms with Crippen molar-refractivity contribution in [1.82, 2.24) is 4.98 Å². The van der Waals surface area contributed by atoms with Crippen LogP contribution in [0.1, 0.15) is 21.5 Å². The number of aromatic nitrogens is 1. The van der Waals surface area contributed by atoms with Crippen molar-refractivity contribution in [3.05, 3.63) is 51.7 Å². The van der Waals surface area contributed by atoms with E-state index in [1.165, 1.54) is 28.0 Å². The van der Waals surface area contributed by atoms with Crippen LogP contribution in [0.15, 0.2) is 35.0 Å². The van der Waals surface area contributed by atoms with Gasteiger partial charge < -0.3 is 5.11 Å². The van der Waals surface area contributed by atoms with E-state index in [0.717, 1.165) is 15.6 Å². The molecule has 0 unspecified atom stereocenters. The van der Waals surface area contributed by atoms with E-state index < -0.39 is 5.97 Å². The molecule has 0 atom stereocenters. The second kappa shape index (κ2) is 5.42. The number of rotatable bonds is 3. The van der Waals surface area contributed by atoms with Gasteiger partial charge in [0.2, 0.25) is 0 Å². The fourth-order valence-corrected chi connectivity index (χ4v) is 4.15. The number of hydrogen-bond donors (Lipinski definition) is 1. The number of nitrogens with zero attached hydrogens (tertiary/aromatic N) is 1. The van der Waals surface area contributed by atoms with E-state index in [0.29, 0.717) is 5.56 Å². The number of aryl methyl sites for hydroxylation is 2. The molecule has 0 saturated carbocycles. The molecule has 106 valence electrons. The van der Waals surface area contributed by atoms with Crippen LogP contribution in [0, 0.1) is 13.8 Å². The normalized spacial score (nSPS) is 10.8. The number of carboxylic acid groups (broad SMARTS) is 1. The molecular weight excluding hydrogens is 302 g/mol. The zero-order chi connectivity index (χ0) is 15.0. The van der Waals surface area contributed by atoms with Gasteiger partial charge in [0.25, 0.3) is 0 Å². The standard InChI is InChI=1S/C16H13NO2S2/c1-9-4-3-5-10(2)14(9)15-17-12(8-21-15)13-6-11(7-20-13)16(18)19/h3-8H,1-2H3,(H,18,19). The summed E-state index contributed by atoms with van der Waals surface area (Å²) in [6.07, 6.45) is 0. The SMILES string of the molecule is Cc1cccc(C)c1-c1nc(-c2cc(C(=O)O)cs2)cs1. The lowest BCUT2D eigenvalue weighted by molar-refractivity contribution is 0.0697. The zero-order valence-corrected chi connectivity index (χ0v) is 13.2. The van der Waals surface area contributed by atoms with Gasteiger partial charge >= 0.3 is 5.97 Å². The molecule has 1 N–H and O–H groups in total. The Morgan fingerprint density at radius 3 is 2.48 bits per heavy atom. The molecule has 0 radical (unpaired) electrons. The van der Waals surface area contributed by atoms with Gasteiger partial charge in [-0.25, -0.2) is 9.78 Å². The number of carboxylic acids is 1. The Labute approximate surface area is 130 Å². The third-order valence-electron chi connectivity index (χ3n) is 3.30. The predicted octanol–water partition coefficient (Wildman–Crippen LogP) is 4.85. The number of thiazole rings is 1. The molecule has 3 rings (SSSR count). The maximum atomic E-state index is 11.0. The maximum Gasteiger partial charge on any atom is 0.336 e. The molecule has 0 aliphatic rings. The first-order valence-electron chi connectivity index (χ1n) is 6.40. The molecule has 0 aliphatic carbocycles. The molecule has 3 nitrogen and oxygen atoms in total. The van der Waals surface area contributed by atoms with Crippen LogP contribution >= 0.6 is 22.7 Å². The molecule has 0 aliphatic heterocycles. The second-order valence-corrected chi connectivity index (χ2v) is 6.58. The van der Waals surface area contributed by atoms with Crippen LogP contribution in [0.2, 0.25) is 0 Å². The van der Waals surface area contributed by atoms with E-state index in [2.05, 4.69) is 31.0 Å². The van der Waals surface area contributed by atoms with Crippen LogP contribution in [0.25, 0.3) is 21.1 Å². The Morgan fingerprint density at radius 1 is 1.14 bits per heavy atom. The van der Waals surface area contributed by atoms with Gasteiger partial charge in [0.15, 0.2) is 0 Å². The van der Waals surface area contributed by atoms with Gasteiger partial charge in [0.05, 0.1) is 16.1 Å². The lowest BCUT2D eigenvalue weighted by atomic mass is 10.0. The number of thiophene rings is 1. The van der Waals surface area contributed by atoms with Crippen LogP contribution < -0.4 is 0 Å². The fourth-order valence-electron chi connectivity index (χ4n) is 2.24. The van der Waals surface area contributed by atoms with Crippen LogP contribution in [0.3, 0.4) is 0 Å². The summed E-state index contributed by atoms with van der Waals surface area (Å²) in [4.78, 5) is 16.5. The van der Waals surface area contributed by atoms with E-state index in [1.54, 1.807) is 22.8 Å². The average molecular weight is 315 g/mol. The molecule has 3 aromatic rings. The molecule has 1 aromatic carbocycles. The Morgan fingerprint density at radius 2 is 1.86 bits per heavy atom. The van der Waals surface area contributed by atoms with Gasteiger partial charge in [-0.2, -0.15) is 0 Å². The Kier molecular flexibility index (Phi) is 3.61. The summed E-state index contributed by atoms with van der Waals surface area (Å²) in [5.74, 6) is -0.900. The van der Waals surface area contributed by atoms with Crippen LogP contribution in [0.4, 0.5) is 0 Å². The number of hydrogen-bond acceptors (Lipinski definition) is 4. The van der Waals surface area contributed by atoms with Crippen LogP contribution in [0.5, 0.6) is 0 Å². The molecule has 0 amide bonds. The highest BCUT2D eigenvalue weighted by Crippen LogP contribution is 2.34. The molecule has 0 saturated heterocycles. The van der Waals surface area contributed by atoms with Gasteiger partial charge in [-0.1, -0.05) is 18.2 Å². The first-order chi connectivity index (χ1) is 10.1. The van der Waals surface area contributed by atoms with Gasteiger partial charge in [-0.15, -0.1) is 22.7 Å². The predicted molar refractivity (Wildman–Crippen MR) is 87.3 cm³/mol. The van der Waals surface area contributed by atoms with Crippen molar-refractivity contribution in [1.29, 1.82) is 0 Å². The smallest absolute Gasteiger partial charge is 0.336 e. The highest BCUT2D eigenvalue weighted by Gasteiger charge is 2.13. The van der Waals surface area contributed by atoms with Crippen molar-refractivity contribution in [2.75, 3.05) is 0 Å². The number of carbonyl (C=O) groups is 1. The van der Waals surface area contributed by atoms with Gasteiger partial charge in [0.1, 0.15) is 5.01 Å². The molecule has 5 heteroatoms. The van der Waals surface area contributed by atoms with Gasteiger partial charge in [-0.3, -0.25) is 0 Å². The monoisotopic (exact) mass is 315 g/mol. The lowest BCUT2D eigenvalue weighted by Gasteiger charge is -2.05. The van der Waals surface area contributed by atoms with Gasteiger partial charge in [-0.05, 0) is 31.0 Å². The fraction of sp³-hybridized carbons (Fsp3) is 0.125. The quantitative estimate of drug-likeness (QED) is 0.751. The van der Waals surface area contributed by atoms with E-state index >= 15 is 0 Å². The molecular formula is C16H13NO2S2. The number of aromatic carboxylic acids is 1. The topological polar surface area (TPSA) is 50.2 Å². The summed E-state index contributed by atoms with van der Waals surface area (Å²) in [5, 5.41) is 13.6. The number of benzene rings is 1. The lowest BCUT2D eigenvalue weighted by Crippen LogP contribution is -1.91. The summed E-state index contributed by atoms with van der Waals surface area (Å²) < 4.78 is 0. The zero-order valence-electron chi connectivity index (χ0n) is 11.6. The average Bonchev–Trinajstić information content (AvgIpc) is 3.07. The Balaban J connectivity index is 2.02. The minimum absolute atomic E-state index is 0.316. The van der Waals surface area contributed by atoms with Crippen molar-refractivity contribution in [3.8, 4) is 21.1 Å². The minimum Gasteiger partial charge on any atom is -0.478 e. The van der Waals surface area contributed by atoms with Crippen molar-refractivity contribution in [3.63, 3.8) is 0 Å². The van der Waals surface area contributed by atoms with Crippen molar-refractivity contribution < 1.29 is 9.90 Å². The van der Waals surface area contributed by atoms with E-state index in [9.17, 15) is 4.79 Å². The molecule has 2 heterocycles. The highest BCUT2D eigenvalue weighted by molar-refractivity contribution is 7.15. The maximum absolute atomic E-state index is 11.0.